The molecular formula is C23H24ClF3N2O3. The number of hydrogen-bond donors (Lipinski definition) is 1. The number of likely N-dealkylation sites (tertiary alicyclic amines) is 1. The third kappa shape index (κ3) is 5.73. The molecular weight excluding hydrogens is 445 g/mol. The van der Waals surface area contributed by atoms with Crippen LogP contribution in [0.5, 0.6) is 5.75 Å². The molecule has 0 atom stereocenters. The molecule has 1 aliphatic rings. The Bertz CT molecular complexity index is 985. The first-order valence-electron chi connectivity index (χ1n) is 10.1. The van der Waals surface area contributed by atoms with E-state index in [1.807, 2.05) is 13.0 Å². The molecule has 0 unspecified atom stereocenters. The van der Waals surface area contributed by atoms with Crippen LogP contribution in [0.25, 0.3) is 0 Å². The number of halogens is 4. The molecule has 172 valence electrons. The monoisotopic (exact) mass is 468 g/mol. The molecule has 0 aliphatic carbocycles. The van der Waals surface area contributed by atoms with Crippen LogP contribution in [0, 0.1) is 12.3 Å². The quantitative estimate of drug-likeness (QED) is 0.659. The summed E-state index contributed by atoms with van der Waals surface area (Å²) in [5, 5.41) is 0.624. The number of rotatable bonds is 6. The number of carbonyl (C=O) groups excluding carboxylic acids is 2. The van der Waals surface area contributed by atoms with E-state index in [-0.39, 0.29) is 24.5 Å². The smallest absolute Gasteiger partial charge is 0.416 e. The van der Waals surface area contributed by atoms with Gasteiger partial charge in [0.15, 0.2) is 0 Å². The van der Waals surface area contributed by atoms with Crippen molar-refractivity contribution in [2.45, 2.75) is 32.4 Å². The Hall–Kier alpha value is -2.74. The van der Waals surface area contributed by atoms with Crippen LogP contribution in [0.2, 0.25) is 5.02 Å². The van der Waals surface area contributed by atoms with Gasteiger partial charge in [-0.2, -0.15) is 13.2 Å². The summed E-state index contributed by atoms with van der Waals surface area (Å²) in [5.41, 5.74) is 5.19. The highest BCUT2D eigenvalue weighted by molar-refractivity contribution is 6.31. The summed E-state index contributed by atoms with van der Waals surface area (Å²) in [7, 11) is 0. The van der Waals surface area contributed by atoms with E-state index in [4.69, 9.17) is 22.1 Å². The van der Waals surface area contributed by atoms with Gasteiger partial charge < -0.3 is 15.4 Å². The maximum absolute atomic E-state index is 12.8. The molecule has 0 saturated carbocycles. The van der Waals surface area contributed by atoms with E-state index in [0.29, 0.717) is 36.7 Å². The molecule has 1 saturated heterocycles. The van der Waals surface area contributed by atoms with Crippen molar-refractivity contribution in [3.8, 4) is 5.75 Å². The average molecular weight is 469 g/mol. The molecule has 2 aromatic carbocycles. The van der Waals surface area contributed by atoms with Crippen LogP contribution in [0.4, 0.5) is 13.2 Å². The number of nitrogens with two attached hydrogens (primary N) is 1. The van der Waals surface area contributed by atoms with Crippen LogP contribution in [0.15, 0.2) is 42.5 Å². The maximum Gasteiger partial charge on any atom is 0.416 e. The van der Waals surface area contributed by atoms with Crippen molar-refractivity contribution >= 4 is 23.4 Å². The minimum absolute atomic E-state index is 0.113. The first-order chi connectivity index (χ1) is 15.0. The van der Waals surface area contributed by atoms with Gasteiger partial charge in [-0.15, -0.1) is 0 Å². The Morgan fingerprint density at radius 2 is 1.75 bits per heavy atom. The Morgan fingerprint density at radius 3 is 2.28 bits per heavy atom. The van der Waals surface area contributed by atoms with Crippen molar-refractivity contribution in [1.82, 2.24) is 4.90 Å². The zero-order valence-electron chi connectivity index (χ0n) is 17.5. The molecule has 1 fully saturated rings. The molecule has 0 bridgehead atoms. The lowest BCUT2D eigenvalue weighted by Crippen LogP contribution is -2.47. The Morgan fingerprint density at radius 1 is 1.12 bits per heavy atom. The van der Waals surface area contributed by atoms with Gasteiger partial charge in [-0.25, -0.2) is 0 Å². The molecule has 2 N–H and O–H groups in total. The maximum atomic E-state index is 12.8. The predicted molar refractivity (Wildman–Crippen MR) is 115 cm³/mol. The molecule has 32 heavy (non-hydrogen) atoms. The molecule has 1 aliphatic heterocycles. The normalized spacial score (nSPS) is 16.0. The second-order valence-electron chi connectivity index (χ2n) is 8.21. The number of carbonyl (C=O) groups is 2. The molecule has 1 heterocycles. The Kier molecular flexibility index (Phi) is 7.03. The van der Waals surface area contributed by atoms with Crippen LogP contribution in [-0.4, -0.2) is 36.4 Å². The lowest BCUT2D eigenvalue weighted by molar-refractivity contribution is -0.137. The van der Waals surface area contributed by atoms with Gasteiger partial charge in [-0.3, -0.25) is 9.59 Å². The molecule has 0 radical (unpaired) electrons. The minimum atomic E-state index is -4.45. The molecule has 3 rings (SSSR count). The zero-order valence-corrected chi connectivity index (χ0v) is 18.3. The van der Waals surface area contributed by atoms with Crippen LogP contribution in [-0.2, 0) is 11.0 Å². The zero-order chi connectivity index (χ0) is 23.5. The number of hydrogen-bond acceptors (Lipinski definition) is 3. The van der Waals surface area contributed by atoms with Gasteiger partial charge >= 0.3 is 6.18 Å². The lowest BCUT2D eigenvalue weighted by Gasteiger charge is -2.41. The minimum Gasteiger partial charge on any atom is -0.493 e. The van der Waals surface area contributed by atoms with Gasteiger partial charge in [0, 0.05) is 35.5 Å². The van der Waals surface area contributed by atoms with Crippen molar-refractivity contribution in [3.63, 3.8) is 0 Å². The lowest BCUT2D eigenvalue weighted by atomic mass is 9.76. The summed E-state index contributed by atoms with van der Waals surface area (Å²) in [6.45, 7) is 2.80. The summed E-state index contributed by atoms with van der Waals surface area (Å²) < 4.78 is 44.2. The number of benzene rings is 2. The predicted octanol–water partition coefficient (Wildman–Crippen LogP) is 4.84. The van der Waals surface area contributed by atoms with E-state index in [1.165, 1.54) is 12.1 Å². The van der Waals surface area contributed by atoms with E-state index < -0.39 is 23.1 Å². The van der Waals surface area contributed by atoms with Gasteiger partial charge in [-0.1, -0.05) is 11.6 Å². The summed E-state index contributed by atoms with van der Waals surface area (Å²) in [5.74, 6) is -0.178. The van der Waals surface area contributed by atoms with E-state index in [2.05, 4.69) is 0 Å². The Balaban J connectivity index is 1.66. The third-order valence-electron chi connectivity index (χ3n) is 5.79. The van der Waals surface area contributed by atoms with E-state index in [9.17, 15) is 22.8 Å². The first kappa shape index (κ1) is 23.9. The van der Waals surface area contributed by atoms with Crippen LogP contribution >= 0.6 is 11.6 Å². The van der Waals surface area contributed by atoms with Gasteiger partial charge in [0.25, 0.3) is 5.91 Å². The fourth-order valence-corrected chi connectivity index (χ4v) is 3.97. The van der Waals surface area contributed by atoms with Crippen molar-refractivity contribution in [1.29, 1.82) is 0 Å². The molecule has 9 heteroatoms. The summed E-state index contributed by atoms with van der Waals surface area (Å²) in [6.07, 6.45) is -3.38. The van der Waals surface area contributed by atoms with Crippen LogP contribution in [0.1, 0.15) is 40.7 Å². The van der Waals surface area contributed by atoms with Crippen LogP contribution in [0.3, 0.4) is 0 Å². The van der Waals surface area contributed by atoms with Gasteiger partial charge in [0.2, 0.25) is 5.91 Å². The number of piperidine rings is 1. The highest BCUT2D eigenvalue weighted by atomic mass is 35.5. The number of primary amides is 1. The molecule has 0 spiro atoms. The number of nitrogens with zero attached hydrogens (tertiary/aromatic N) is 1. The molecule has 2 amide bonds. The van der Waals surface area contributed by atoms with E-state index in [1.54, 1.807) is 17.0 Å². The largest absolute Gasteiger partial charge is 0.493 e. The number of aryl methyl sites for hydroxylation is 1. The van der Waals surface area contributed by atoms with Gasteiger partial charge in [0.05, 0.1) is 12.2 Å². The third-order valence-corrected chi connectivity index (χ3v) is 6.22. The highest BCUT2D eigenvalue weighted by Gasteiger charge is 2.38. The topological polar surface area (TPSA) is 72.6 Å². The summed E-state index contributed by atoms with van der Waals surface area (Å²) in [6, 6.07) is 9.45. The second kappa shape index (κ2) is 9.40. The van der Waals surface area contributed by atoms with Gasteiger partial charge in [-0.05, 0) is 67.8 Å². The molecule has 0 aromatic heterocycles. The van der Waals surface area contributed by atoms with Crippen molar-refractivity contribution < 1.29 is 27.5 Å². The van der Waals surface area contributed by atoms with E-state index in [0.717, 1.165) is 17.7 Å². The molecule has 5 nitrogen and oxygen atoms in total. The Labute approximate surface area is 189 Å². The van der Waals surface area contributed by atoms with E-state index >= 15 is 0 Å². The fraction of sp³-hybridized carbons (Fsp3) is 0.391. The fourth-order valence-electron chi connectivity index (χ4n) is 3.85. The summed E-state index contributed by atoms with van der Waals surface area (Å²) >= 11 is 6.04. The van der Waals surface area contributed by atoms with Crippen molar-refractivity contribution in [3.05, 3.63) is 64.2 Å². The van der Waals surface area contributed by atoms with Gasteiger partial charge in [0.1, 0.15) is 5.75 Å². The first-order valence-corrected chi connectivity index (χ1v) is 10.5. The standard InChI is InChI=1S/C23H24ClF3N2O3/c1-15-12-18(6-7-19(15)24)32-14-22(13-20(28)30)8-10-29(11-9-22)21(31)16-2-4-17(5-3-16)23(25,26)27/h2-7,12H,8-11,13-14H2,1H3,(H2,28,30). The van der Waals surface area contributed by atoms with Crippen molar-refractivity contribution in [2.75, 3.05) is 19.7 Å². The highest BCUT2D eigenvalue weighted by Crippen LogP contribution is 2.37. The van der Waals surface area contributed by atoms with Crippen molar-refractivity contribution in [2.24, 2.45) is 11.1 Å². The number of alkyl halides is 3. The molecule has 2 aromatic rings. The average Bonchev–Trinajstić information content (AvgIpc) is 2.74. The second-order valence-corrected chi connectivity index (χ2v) is 8.62. The van der Waals surface area contributed by atoms with Crippen LogP contribution < -0.4 is 10.5 Å². The number of ether oxygens (including phenoxy) is 1. The SMILES string of the molecule is Cc1cc(OCC2(CC(N)=O)CCN(C(=O)c3ccc(C(F)(F)F)cc3)CC2)ccc1Cl. The number of amides is 2. The summed E-state index contributed by atoms with van der Waals surface area (Å²) in [4.78, 5) is 26.0.